The Balaban J connectivity index is 2.10. The van der Waals surface area contributed by atoms with Crippen LogP contribution in [0.25, 0.3) is 6.08 Å². The van der Waals surface area contributed by atoms with Crippen LogP contribution in [0.3, 0.4) is 0 Å². The van der Waals surface area contributed by atoms with Crippen LogP contribution in [-0.2, 0) is 13.0 Å². The van der Waals surface area contributed by atoms with E-state index in [1.54, 1.807) is 12.2 Å². The van der Waals surface area contributed by atoms with Gasteiger partial charge in [0.25, 0.3) is 0 Å². The Kier molecular flexibility index (Phi) is 5.29. The molecule has 1 aromatic rings. The van der Waals surface area contributed by atoms with Gasteiger partial charge in [-0.1, -0.05) is 50.5 Å². The van der Waals surface area contributed by atoms with Gasteiger partial charge < -0.3 is 4.57 Å². The second kappa shape index (κ2) is 7.79. The van der Waals surface area contributed by atoms with Gasteiger partial charge in [-0.3, -0.25) is 4.90 Å². The van der Waals surface area contributed by atoms with Crippen molar-refractivity contribution >= 4 is 18.2 Å². The minimum absolute atomic E-state index is 0.795. The lowest BCUT2D eigenvalue weighted by molar-refractivity contribution is 0.769. The van der Waals surface area contributed by atoms with Crippen LogP contribution >= 0.6 is 0 Å². The van der Waals surface area contributed by atoms with Crippen molar-refractivity contribution in [3.05, 3.63) is 78.6 Å². The predicted octanol–water partition coefficient (Wildman–Crippen LogP) is 4.80. The lowest BCUT2D eigenvalue weighted by Crippen LogP contribution is -2.18. The second-order valence-corrected chi connectivity index (χ2v) is 5.87. The van der Waals surface area contributed by atoms with Gasteiger partial charge in [0.15, 0.2) is 0 Å². The van der Waals surface area contributed by atoms with Gasteiger partial charge in [0.2, 0.25) is 5.95 Å². The Morgan fingerprint density at radius 1 is 1.32 bits per heavy atom. The average molecular weight is 332 g/mol. The van der Waals surface area contributed by atoms with E-state index < -0.39 is 0 Å². The quantitative estimate of drug-likeness (QED) is 0.554. The van der Waals surface area contributed by atoms with Gasteiger partial charge in [-0.15, -0.1) is 0 Å². The zero-order valence-electron chi connectivity index (χ0n) is 14.7. The van der Waals surface area contributed by atoms with Crippen LogP contribution in [0.15, 0.2) is 72.2 Å². The molecule has 0 atom stereocenters. The molecule has 2 heterocycles. The van der Waals surface area contributed by atoms with Crippen molar-refractivity contribution in [2.45, 2.75) is 32.7 Å². The van der Waals surface area contributed by atoms with E-state index in [9.17, 15) is 0 Å². The van der Waals surface area contributed by atoms with Crippen molar-refractivity contribution in [1.82, 2.24) is 9.55 Å². The summed E-state index contributed by atoms with van der Waals surface area (Å²) in [4.78, 5) is 11.6. The van der Waals surface area contributed by atoms with E-state index >= 15 is 0 Å². The summed E-state index contributed by atoms with van der Waals surface area (Å²) in [6.07, 6.45) is 20.7. The molecule has 0 aromatic carbocycles. The smallest absolute Gasteiger partial charge is 0.216 e. The van der Waals surface area contributed by atoms with Gasteiger partial charge in [-0.05, 0) is 37.5 Å². The molecular weight excluding hydrogens is 308 g/mol. The highest BCUT2D eigenvalue weighted by atomic mass is 15.4. The Bertz CT molecular complexity index is 815. The van der Waals surface area contributed by atoms with E-state index in [4.69, 9.17) is 4.98 Å². The molecule has 0 spiro atoms. The van der Waals surface area contributed by atoms with Crippen molar-refractivity contribution in [1.29, 1.82) is 0 Å². The molecule has 0 unspecified atom stereocenters. The summed E-state index contributed by atoms with van der Waals surface area (Å²) < 4.78 is 2.30. The maximum atomic E-state index is 4.87. The number of hydrogen-bond acceptors (Lipinski definition) is 3. The molecule has 1 aliphatic carbocycles. The predicted molar refractivity (Wildman–Crippen MR) is 107 cm³/mol. The highest BCUT2D eigenvalue weighted by molar-refractivity contribution is 5.66. The van der Waals surface area contributed by atoms with E-state index in [2.05, 4.69) is 52.8 Å². The molecule has 128 valence electrons. The fraction of sp³-hybridized carbons (Fsp3) is 0.238. The molecule has 3 rings (SSSR count). The minimum atomic E-state index is 0.795. The summed E-state index contributed by atoms with van der Waals surface area (Å²) in [5.41, 5.74) is 3.51. The SMILES string of the molecule is C=C/C=C\C=C1/Cn2c(nc3c2CCC=C3)N1C(=C/C=C)/N=C\CC. The number of imidazole rings is 1. The van der Waals surface area contributed by atoms with Crippen molar-refractivity contribution in [2.75, 3.05) is 4.90 Å². The van der Waals surface area contributed by atoms with E-state index in [1.165, 1.54) is 5.69 Å². The van der Waals surface area contributed by atoms with E-state index in [0.29, 0.717) is 0 Å². The van der Waals surface area contributed by atoms with Crippen molar-refractivity contribution < 1.29 is 0 Å². The molecule has 0 N–H and O–H groups in total. The standard InChI is InChI=1S/C21H24N4/c1-4-7-8-12-17-16-24-19-14-10-9-13-18(19)23-21(24)25(17)20(11-5-2)22-15-6-3/h4-5,7-9,11-13,15H,1-2,6,10,14,16H2,3H3/b8-7-,17-12+,20-11+,22-15-. The van der Waals surface area contributed by atoms with Crippen LogP contribution in [0.1, 0.15) is 31.2 Å². The number of rotatable bonds is 6. The molecule has 2 aliphatic rings. The van der Waals surface area contributed by atoms with Gasteiger partial charge in [-0.2, -0.15) is 0 Å². The van der Waals surface area contributed by atoms with Crippen molar-refractivity contribution in [3.63, 3.8) is 0 Å². The van der Waals surface area contributed by atoms with Gasteiger partial charge >= 0.3 is 0 Å². The van der Waals surface area contributed by atoms with Crippen LogP contribution in [0, 0.1) is 0 Å². The highest BCUT2D eigenvalue weighted by Crippen LogP contribution is 2.36. The molecule has 4 heteroatoms. The van der Waals surface area contributed by atoms with E-state index in [0.717, 1.165) is 49.0 Å². The summed E-state index contributed by atoms with van der Waals surface area (Å²) in [6.45, 7) is 10.4. The van der Waals surface area contributed by atoms with Gasteiger partial charge in [0.1, 0.15) is 5.82 Å². The molecule has 0 amide bonds. The molecule has 25 heavy (non-hydrogen) atoms. The van der Waals surface area contributed by atoms with Crippen LogP contribution in [0.5, 0.6) is 0 Å². The zero-order chi connectivity index (χ0) is 17.6. The number of aromatic nitrogens is 2. The third-order valence-electron chi connectivity index (χ3n) is 4.15. The van der Waals surface area contributed by atoms with Gasteiger partial charge in [-0.25, -0.2) is 9.98 Å². The molecule has 0 radical (unpaired) electrons. The molecule has 1 aliphatic heterocycles. The first-order valence-corrected chi connectivity index (χ1v) is 8.69. The lowest BCUT2D eigenvalue weighted by Gasteiger charge is -2.18. The Hall–Kier alpha value is -2.88. The molecule has 0 bridgehead atoms. The summed E-state index contributed by atoms with van der Waals surface area (Å²) in [6, 6.07) is 0. The number of allylic oxidation sites excluding steroid dienone is 8. The Morgan fingerprint density at radius 2 is 2.20 bits per heavy atom. The normalized spacial score (nSPS) is 18.4. The Morgan fingerprint density at radius 3 is 2.96 bits per heavy atom. The molecule has 1 aromatic heterocycles. The van der Waals surface area contributed by atoms with Crippen LogP contribution in [-0.4, -0.2) is 15.8 Å². The fourth-order valence-electron chi connectivity index (χ4n) is 3.09. The highest BCUT2D eigenvalue weighted by Gasteiger charge is 2.32. The lowest BCUT2D eigenvalue weighted by atomic mass is 10.1. The van der Waals surface area contributed by atoms with Crippen LogP contribution in [0.2, 0.25) is 0 Å². The molecule has 0 saturated heterocycles. The third-order valence-corrected chi connectivity index (χ3v) is 4.15. The molecule has 4 nitrogen and oxygen atoms in total. The summed E-state index contributed by atoms with van der Waals surface area (Å²) in [5, 5.41) is 0. The summed E-state index contributed by atoms with van der Waals surface area (Å²) >= 11 is 0. The fourth-order valence-corrected chi connectivity index (χ4v) is 3.09. The first-order chi connectivity index (χ1) is 12.3. The van der Waals surface area contributed by atoms with E-state index in [1.807, 2.05) is 24.4 Å². The Labute approximate surface area is 149 Å². The topological polar surface area (TPSA) is 33.4 Å². The maximum absolute atomic E-state index is 4.87. The molecule has 0 saturated carbocycles. The van der Waals surface area contributed by atoms with Crippen molar-refractivity contribution in [3.8, 4) is 0 Å². The van der Waals surface area contributed by atoms with Crippen molar-refractivity contribution in [2.24, 2.45) is 4.99 Å². The van der Waals surface area contributed by atoms with Gasteiger partial charge in [0, 0.05) is 17.6 Å². The average Bonchev–Trinajstić information content (AvgIpc) is 3.15. The van der Waals surface area contributed by atoms with Crippen LogP contribution in [0.4, 0.5) is 5.95 Å². The first-order valence-electron chi connectivity index (χ1n) is 8.69. The van der Waals surface area contributed by atoms with E-state index in [-0.39, 0.29) is 0 Å². The second-order valence-electron chi connectivity index (χ2n) is 5.87. The summed E-state index contributed by atoms with van der Waals surface area (Å²) in [5.74, 6) is 1.76. The molecule has 0 fully saturated rings. The number of anilines is 1. The first kappa shape index (κ1) is 17.0. The minimum Gasteiger partial charge on any atom is -0.307 e. The van der Waals surface area contributed by atoms with Crippen LogP contribution < -0.4 is 4.90 Å². The molecular formula is C21H24N4. The summed E-state index contributed by atoms with van der Waals surface area (Å²) in [7, 11) is 0. The number of hydrogen-bond donors (Lipinski definition) is 0. The number of aliphatic imine (C=N–C) groups is 1. The maximum Gasteiger partial charge on any atom is 0.216 e. The monoisotopic (exact) mass is 332 g/mol. The zero-order valence-corrected chi connectivity index (χ0v) is 14.7. The third kappa shape index (κ3) is 3.33. The number of nitrogens with zero attached hydrogens (tertiary/aromatic N) is 4. The number of fused-ring (bicyclic) bond motifs is 3. The van der Waals surface area contributed by atoms with Gasteiger partial charge in [0.05, 0.1) is 12.2 Å². The largest absolute Gasteiger partial charge is 0.307 e.